The highest BCUT2D eigenvalue weighted by molar-refractivity contribution is 6.00. The number of benzene rings is 4. The Morgan fingerprint density at radius 2 is 1.16 bits per heavy atom. The molecule has 14 unspecified atom stereocenters. The van der Waals surface area contributed by atoms with Gasteiger partial charge in [-0.3, -0.25) is 38.9 Å². The second-order valence-electron chi connectivity index (χ2n) is 23.7. The summed E-state index contributed by atoms with van der Waals surface area (Å²) in [4.78, 5) is 104. The van der Waals surface area contributed by atoms with E-state index in [-0.39, 0.29) is 62.6 Å². The number of fused-ring (bicyclic) bond motifs is 2. The first-order valence-electron chi connectivity index (χ1n) is 31.7. The number of nitrogens with one attached hydrogen (secondary N) is 6. The van der Waals surface area contributed by atoms with Crippen LogP contribution < -0.4 is 42.4 Å². The molecule has 3 fully saturated rings. The minimum Gasteiger partial charge on any atom is -0.508 e. The van der Waals surface area contributed by atoms with Crippen LogP contribution >= 0.6 is 0 Å². The number of aliphatic hydroxyl groups is 6. The number of unbranched alkanes of at least 4 members (excludes halogenated alkanes) is 2. The van der Waals surface area contributed by atoms with Crippen LogP contribution in [0.5, 0.6) is 11.5 Å². The molecular weight excluding hydrogens is 1210 g/mol. The van der Waals surface area contributed by atoms with E-state index < -0.39 is 139 Å². The Bertz CT molecular complexity index is 3070. The number of carbonyl (C=O) groups excluding carboxylic acids is 7. The quantitative estimate of drug-likeness (QED) is 0.0359. The molecule has 0 aliphatic carbocycles. The Morgan fingerprint density at radius 1 is 0.624 bits per heavy atom. The van der Waals surface area contributed by atoms with E-state index in [4.69, 9.17) is 24.7 Å². The highest BCUT2D eigenvalue weighted by atomic mass is 16.5. The van der Waals surface area contributed by atoms with E-state index in [1.807, 2.05) is 48.5 Å². The second-order valence-corrected chi connectivity index (χ2v) is 23.7. The largest absolute Gasteiger partial charge is 0.508 e. The molecular formula is C66H91N9O18. The van der Waals surface area contributed by atoms with E-state index in [1.54, 1.807) is 31.2 Å². The van der Waals surface area contributed by atoms with Crippen molar-refractivity contribution in [3.63, 3.8) is 0 Å². The minimum atomic E-state index is -2.27. The molecule has 0 spiro atoms. The molecule has 4 aromatic carbocycles. The second kappa shape index (κ2) is 35.6. The molecule has 7 amide bonds. The van der Waals surface area contributed by atoms with Crippen molar-refractivity contribution in [3.05, 3.63) is 108 Å². The van der Waals surface area contributed by atoms with Gasteiger partial charge in [0.2, 0.25) is 35.4 Å². The van der Waals surface area contributed by atoms with Crippen molar-refractivity contribution in [3.8, 4) is 33.8 Å². The molecule has 3 heterocycles. The number of hydrogen-bond donors (Lipinski definition) is 14. The summed E-state index contributed by atoms with van der Waals surface area (Å²) in [5, 5.41) is 94.4. The Kier molecular flexibility index (Phi) is 27.8. The van der Waals surface area contributed by atoms with E-state index in [9.17, 15) is 69.3 Å². The van der Waals surface area contributed by atoms with Crippen molar-refractivity contribution < 1.29 is 88.3 Å². The smallest absolute Gasteiger partial charge is 0.251 e. The normalized spacial score (nSPS) is 24.9. The predicted octanol–water partition coefficient (Wildman–Crippen LogP) is -0.292. The Hall–Kier alpha value is -7.67. The first-order chi connectivity index (χ1) is 44.6. The minimum absolute atomic E-state index is 0.0513. The molecule has 4 aromatic rings. The molecule has 0 radical (unpaired) electrons. The van der Waals surface area contributed by atoms with Gasteiger partial charge >= 0.3 is 0 Å². The van der Waals surface area contributed by atoms with Crippen molar-refractivity contribution in [2.75, 3.05) is 72.4 Å². The number of amides is 7. The Morgan fingerprint density at radius 3 is 1.74 bits per heavy atom. The summed E-state index contributed by atoms with van der Waals surface area (Å²) in [5.41, 5.74) is 9.11. The highest BCUT2D eigenvalue weighted by Crippen LogP contribution is 2.30. The molecule has 15 N–H and O–H groups in total. The Labute approximate surface area is 540 Å². The van der Waals surface area contributed by atoms with Crippen molar-refractivity contribution in [1.29, 1.82) is 0 Å². The lowest BCUT2D eigenvalue weighted by Gasteiger charge is -2.34. The third-order valence-corrected chi connectivity index (χ3v) is 16.6. The van der Waals surface area contributed by atoms with Crippen molar-refractivity contribution in [1.82, 2.24) is 41.7 Å². The molecule has 14 atom stereocenters. The maximum absolute atomic E-state index is 14.9. The first-order valence-corrected chi connectivity index (χ1v) is 31.7. The molecule has 3 saturated heterocycles. The molecule has 93 heavy (non-hydrogen) atoms. The lowest BCUT2D eigenvalue weighted by atomic mass is 9.96. The number of carbonyl (C=O) groups is 7. The van der Waals surface area contributed by atoms with Gasteiger partial charge < -0.3 is 96.8 Å². The number of phenols is 1. The summed E-state index contributed by atoms with van der Waals surface area (Å²) in [6.45, 7) is 7.70. The van der Waals surface area contributed by atoms with Gasteiger partial charge in [0.05, 0.1) is 76.8 Å². The molecule has 0 aromatic heterocycles. The van der Waals surface area contributed by atoms with E-state index in [2.05, 4.69) is 38.8 Å². The van der Waals surface area contributed by atoms with Crippen LogP contribution in [0, 0.1) is 5.92 Å². The number of phenolic OH excluding ortho intramolecular Hbond substituents is 1. The summed E-state index contributed by atoms with van der Waals surface area (Å²) in [6, 6.07) is 16.2. The van der Waals surface area contributed by atoms with Gasteiger partial charge in [-0.15, -0.1) is 0 Å². The fourth-order valence-electron chi connectivity index (χ4n) is 11.3. The van der Waals surface area contributed by atoms with Gasteiger partial charge in [0.1, 0.15) is 60.0 Å². The fourth-order valence-corrected chi connectivity index (χ4v) is 11.3. The van der Waals surface area contributed by atoms with Gasteiger partial charge in [-0.2, -0.15) is 0 Å². The van der Waals surface area contributed by atoms with Gasteiger partial charge in [-0.25, -0.2) is 0 Å². The monoisotopic (exact) mass is 1300 g/mol. The molecule has 27 nitrogen and oxygen atoms in total. The number of aromatic hydroxyl groups is 1. The van der Waals surface area contributed by atoms with Crippen molar-refractivity contribution in [2.45, 2.75) is 145 Å². The zero-order valence-electron chi connectivity index (χ0n) is 52.9. The number of nitrogens with two attached hydrogens (primary N) is 1. The average Bonchev–Trinajstić information content (AvgIpc) is 1.76. The third-order valence-electron chi connectivity index (χ3n) is 16.6. The maximum Gasteiger partial charge on any atom is 0.251 e. The number of aliphatic hydroxyl groups excluding tert-OH is 6. The molecule has 0 bridgehead atoms. The summed E-state index contributed by atoms with van der Waals surface area (Å²) in [7, 11) is 0. The van der Waals surface area contributed by atoms with Gasteiger partial charge in [-0.1, -0.05) is 87.4 Å². The summed E-state index contributed by atoms with van der Waals surface area (Å²) < 4.78 is 22.5. The van der Waals surface area contributed by atoms with Crippen molar-refractivity contribution in [2.24, 2.45) is 11.7 Å². The average molecular weight is 1300 g/mol. The fraction of sp³-hybridized carbons (Fsp3) is 0.530. The van der Waals surface area contributed by atoms with E-state index >= 15 is 0 Å². The van der Waals surface area contributed by atoms with Crippen LogP contribution in [0.4, 0.5) is 0 Å². The van der Waals surface area contributed by atoms with Crippen LogP contribution in [0.1, 0.15) is 88.2 Å². The zero-order chi connectivity index (χ0) is 67.3. The van der Waals surface area contributed by atoms with E-state index in [0.717, 1.165) is 64.0 Å². The molecule has 7 rings (SSSR count). The first kappa shape index (κ1) is 72.8. The van der Waals surface area contributed by atoms with Crippen LogP contribution in [0.25, 0.3) is 22.3 Å². The Balaban J connectivity index is 1.20. The van der Waals surface area contributed by atoms with Gasteiger partial charge in [0.15, 0.2) is 0 Å². The lowest BCUT2D eigenvalue weighted by Crippen LogP contribution is -2.64. The number of rotatable bonds is 26. The molecule has 27 heteroatoms. The third kappa shape index (κ3) is 20.2. The molecule has 508 valence electrons. The van der Waals surface area contributed by atoms with E-state index in [1.165, 1.54) is 31.2 Å². The van der Waals surface area contributed by atoms with E-state index in [0.29, 0.717) is 33.0 Å². The van der Waals surface area contributed by atoms with Gasteiger partial charge in [0.25, 0.3) is 5.91 Å². The van der Waals surface area contributed by atoms with Gasteiger partial charge in [0, 0.05) is 44.1 Å². The number of nitrogens with zero attached hydrogens (tertiary/aromatic N) is 2. The maximum atomic E-state index is 14.9. The molecule has 3 aliphatic heterocycles. The predicted molar refractivity (Wildman–Crippen MR) is 339 cm³/mol. The summed E-state index contributed by atoms with van der Waals surface area (Å²) in [5.74, 6) is -7.59. The number of hydrogen-bond acceptors (Lipinski definition) is 20. The topological polar surface area (TPSA) is 403 Å². The zero-order valence-corrected chi connectivity index (χ0v) is 52.9. The van der Waals surface area contributed by atoms with Crippen LogP contribution in [-0.4, -0.2) is 232 Å². The van der Waals surface area contributed by atoms with Crippen LogP contribution in [0.15, 0.2) is 97.1 Å². The van der Waals surface area contributed by atoms with Gasteiger partial charge in [-0.05, 0) is 97.3 Å². The summed E-state index contributed by atoms with van der Waals surface area (Å²) in [6.07, 6.45) is -9.56. The highest BCUT2D eigenvalue weighted by Gasteiger charge is 2.50. The van der Waals surface area contributed by atoms with Crippen LogP contribution in [0.3, 0.4) is 0 Å². The standard InChI is InChI=1S/C66H91N9O18/c1-5-6-7-28-93-49-22-18-44(19-23-49)42-10-8-41(9-11-42)43-12-14-46(15-13-43)60(83)69-50-24-25-52(68-27-30-91-32-34-92-33-31-90-29-26-67)70-64(87)56-57(80)38(2)36-75(56)66(89)54(40(4)77)72-63(86)55(59(82)58(81)45-16-20-47(78)21-17-45)73-62(85)51-35-48(79)37-74(51)65(88)53(39(3)76)71-61(50)84/h8-23,38-40,48,50-59,68,76-82H,5-7,24-37,67H2,1-4H3,(H,69,83)(H,70,87)(H,71,84)(H,72,86)(H,73,85). The number of ether oxygens (including phenoxy) is 4. The lowest BCUT2D eigenvalue weighted by molar-refractivity contribution is -0.148. The summed E-state index contributed by atoms with van der Waals surface area (Å²) >= 11 is 0. The molecule has 0 saturated carbocycles. The van der Waals surface area contributed by atoms with Crippen LogP contribution in [0.2, 0.25) is 0 Å². The SMILES string of the molecule is CCCCCOc1ccc(-c2ccc(-c3ccc(C(=O)NC4CCC(NCCOCCOCCOCCN)NC(=O)C5C(O)C(C)CN5C(=O)C(C(C)O)NC(=O)C(C(O)C(O)c5ccc(O)cc5)NC(=O)C5CC(O)CN5C(=O)C(C(C)O)NC4=O)cc3)cc2)cc1. The molecule has 3 aliphatic rings. The van der Waals surface area contributed by atoms with Crippen LogP contribution in [-0.2, 0) is 43.0 Å². The van der Waals surface area contributed by atoms with Crippen molar-refractivity contribution >= 4 is 41.4 Å².